The van der Waals surface area contributed by atoms with Gasteiger partial charge in [-0.05, 0) is 100 Å². The van der Waals surface area contributed by atoms with Gasteiger partial charge in [0.25, 0.3) is 0 Å². The number of aromatic nitrogens is 1. The Morgan fingerprint density at radius 3 is 2.37 bits per heavy atom. The molecule has 2 aliphatic carbocycles. The summed E-state index contributed by atoms with van der Waals surface area (Å²) >= 11 is 0. The Balaban J connectivity index is 1.27. The molecule has 0 amide bonds. The fourth-order valence-corrected chi connectivity index (χ4v) is 6.67. The Morgan fingerprint density at radius 2 is 1.51 bits per heavy atom. The second kappa shape index (κ2) is 9.53. The van der Waals surface area contributed by atoms with Gasteiger partial charge in [0, 0.05) is 35.1 Å². The molecule has 8 rings (SSSR count). The van der Waals surface area contributed by atoms with Crippen molar-refractivity contribution in [3.05, 3.63) is 167 Å². The second-order valence-electron chi connectivity index (χ2n) is 11.1. The minimum atomic E-state index is 0.801. The van der Waals surface area contributed by atoms with Crippen molar-refractivity contribution in [2.24, 2.45) is 0 Å². The first-order valence-electron chi connectivity index (χ1n) is 14.4. The smallest absolute Gasteiger partial charge is 0.0538 e. The van der Waals surface area contributed by atoms with Crippen LogP contribution in [-0.4, -0.2) is 4.57 Å². The van der Waals surface area contributed by atoms with Crippen LogP contribution >= 0.6 is 0 Å². The van der Waals surface area contributed by atoms with Crippen LogP contribution in [0.25, 0.3) is 39.9 Å². The molecule has 1 aromatic heterocycles. The maximum atomic E-state index is 4.64. The number of nitrogens with zero attached hydrogens (tertiary/aromatic N) is 2. The van der Waals surface area contributed by atoms with Gasteiger partial charge in [-0.3, -0.25) is 0 Å². The molecule has 5 aromatic rings. The van der Waals surface area contributed by atoms with Crippen LogP contribution in [0.3, 0.4) is 0 Å². The fraction of sp³-hybridized carbons (Fsp3) is 0.0769. The molecule has 0 spiro atoms. The van der Waals surface area contributed by atoms with Gasteiger partial charge in [0.15, 0.2) is 0 Å². The summed E-state index contributed by atoms with van der Waals surface area (Å²) in [5, 5.41) is 1.32. The van der Waals surface area contributed by atoms with E-state index in [1.165, 1.54) is 66.9 Å². The third-order valence-corrected chi connectivity index (χ3v) is 8.59. The lowest BCUT2D eigenvalue weighted by molar-refractivity contribution is 0.962. The van der Waals surface area contributed by atoms with Crippen molar-refractivity contribution in [3.63, 3.8) is 0 Å². The molecule has 41 heavy (non-hydrogen) atoms. The van der Waals surface area contributed by atoms with Crippen LogP contribution in [0, 0.1) is 0 Å². The van der Waals surface area contributed by atoms with Crippen molar-refractivity contribution in [2.45, 2.75) is 19.4 Å². The SMILES string of the molecule is C=C1/C=C(c2ccc3c(c2)c2c(n3-c3ccccc3)C=CC2)\C=C/N(Cc2ccccc2)c2ccc3c(c21)CC=C3. The van der Waals surface area contributed by atoms with Crippen LogP contribution < -0.4 is 4.90 Å². The van der Waals surface area contributed by atoms with E-state index >= 15 is 0 Å². The average molecular weight is 527 g/mol. The van der Waals surface area contributed by atoms with Gasteiger partial charge in [0.05, 0.1) is 11.2 Å². The summed E-state index contributed by atoms with van der Waals surface area (Å²) in [7, 11) is 0. The van der Waals surface area contributed by atoms with Crippen LogP contribution in [0.15, 0.2) is 128 Å². The van der Waals surface area contributed by atoms with E-state index < -0.39 is 0 Å². The molecule has 0 unspecified atom stereocenters. The molecule has 0 atom stereocenters. The number of hydrogen-bond donors (Lipinski definition) is 0. The van der Waals surface area contributed by atoms with E-state index in [4.69, 9.17) is 0 Å². The lowest BCUT2D eigenvalue weighted by Gasteiger charge is -2.28. The predicted octanol–water partition coefficient (Wildman–Crippen LogP) is 9.40. The van der Waals surface area contributed by atoms with Gasteiger partial charge >= 0.3 is 0 Å². The highest BCUT2D eigenvalue weighted by Crippen LogP contribution is 2.41. The average Bonchev–Trinajstić information content (AvgIpc) is 3.74. The Labute approximate surface area is 241 Å². The number of hydrogen-bond acceptors (Lipinski definition) is 1. The number of para-hydroxylation sites is 1. The van der Waals surface area contributed by atoms with E-state index in [2.05, 4.69) is 150 Å². The van der Waals surface area contributed by atoms with Crippen LogP contribution in [0.2, 0.25) is 0 Å². The van der Waals surface area contributed by atoms with Crippen molar-refractivity contribution in [1.29, 1.82) is 0 Å². The van der Waals surface area contributed by atoms with Crippen LogP contribution in [0.5, 0.6) is 0 Å². The lowest BCUT2D eigenvalue weighted by Crippen LogP contribution is -2.18. The summed E-state index contributed by atoms with van der Waals surface area (Å²) < 4.78 is 2.40. The highest BCUT2D eigenvalue weighted by Gasteiger charge is 2.23. The zero-order chi connectivity index (χ0) is 27.3. The Morgan fingerprint density at radius 1 is 0.732 bits per heavy atom. The number of anilines is 1. The van der Waals surface area contributed by atoms with Gasteiger partial charge in [-0.25, -0.2) is 0 Å². The molecule has 1 aliphatic heterocycles. The number of rotatable bonds is 4. The number of allylic oxidation sites excluding steroid dienone is 6. The number of fused-ring (bicyclic) bond motifs is 6. The van der Waals surface area contributed by atoms with Crippen molar-refractivity contribution in [3.8, 4) is 5.69 Å². The molecule has 2 heteroatoms. The minimum Gasteiger partial charge on any atom is -0.343 e. The summed E-state index contributed by atoms with van der Waals surface area (Å²) in [6, 6.07) is 32.8. The second-order valence-corrected chi connectivity index (χ2v) is 11.1. The maximum Gasteiger partial charge on any atom is 0.0538 e. The molecular weight excluding hydrogens is 496 g/mol. The topological polar surface area (TPSA) is 8.17 Å². The van der Waals surface area contributed by atoms with Gasteiger partial charge < -0.3 is 9.47 Å². The van der Waals surface area contributed by atoms with Crippen molar-refractivity contribution in [1.82, 2.24) is 4.57 Å². The van der Waals surface area contributed by atoms with Crippen LogP contribution in [0.4, 0.5) is 5.69 Å². The van der Waals surface area contributed by atoms with E-state index in [0.717, 1.165) is 25.0 Å². The lowest BCUT2D eigenvalue weighted by atomic mass is 9.90. The Hall–Kier alpha value is -5.08. The standard InChI is InChI=1S/C39H30N2/c1-27-24-31(30-19-20-37-35(25-30)34-16-9-17-36(34)41(37)32-13-6-3-7-14-32)22-23-40(26-28-10-4-2-5-11-28)38-21-18-29-12-8-15-33(29)39(27)38/h2-14,17-25H,1,15-16,26H2/b23-22-,31-24+. The minimum absolute atomic E-state index is 0.801. The zero-order valence-corrected chi connectivity index (χ0v) is 22.9. The van der Waals surface area contributed by atoms with Gasteiger partial charge in [0.2, 0.25) is 0 Å². The van der Waals surface area contributed by atoms with Crippen LogP contribution in [0.1, 0.15) is 39.1 Å². The third kappa shape index (κ3) is 3.95. The normalized spacial score (nSPS) is 17.1. The zero-order valence-electron chi connectivity index (χ0n) is 22.9. The molecule has 0 N–H and O–H groups in total. The van der Waals surface area contributed by atoms with E-state index in [1.807, 2.05) is 0 Å². The number of benzene rings is 4. The largest absolute Gasteiger partial charge is 0.343 e. The maximum absolute atomic E-state index is 4.64. The molecule has 0 saturated carbocycles. The monoisotopic (exact) mass is 526 g/mol. The molecule has 196 valence electrons. The van der Waals surface area contributed by atoms with Crippen molar-refractivity contribution in [2.75, 3.05) is 4.90 Å². The first kappa shape index (κ1) is 23.8. The molecule has 2 nitrogen and oxygen atoms in total. The Bertz CT molecular complexity index is 1960. The summed E-state index contributed by atoms with van der Waals surface area (Å²) in [5.41, 5.74) is 15.0. The van der Waals surface area contributed by atoms with Gasteiger partial charge in [-0.2, -0.15) is 0 Å². The van der Waals surface area contributed by atoms with Gasteiger partial charge in [-0.15, -0.1) is 0 Å². The third-order valence-electron chi connectivity index (χ3n) is 8.59. The molecule has 0 saturated heterocycles. The molecule has 0 bridgehead atoms. The summed E-state index contributed by atoms with van der Waals surface area (Å²) in [6.45, 7) is 5.44. The van der Waals surface area contributed by atoms with Gasteiger partial charge in [0.1, 0.15) is 0 Å². The van der Waals surface area contributed by atoms with Crippen molar-refractivity contribution < 1.29 is 0 Å². The molecule has 2 heterocycles. The summed E-state index contributed by atoms with van der Waals surface area (Å²) in [6.07, 6.45) is 17.8. The van der Waals surface area contributed by atoms with Gasteiger partial charge in [-0.1, -0.05) is 85.5 Å². The summed E-state index contributed by atoms with van der Waals surface area (Å²) in [5.74, 6) is 0. The van der Waals surface area contributed by atoms with E-state index in [9.17, 15) is 0 Å². The first-order chi connectivity index (χ1) is 20.2. The molecule has 4 aromatic carbocycles. The Kier molecular flexibility index (Phi) is 5.53. The molecule has 0 radical (unpaired) electrons. The van der Waals surface area contributed by atoms with E-state index in [0.29, 0.717) is 0 Å². The van der Waals surface area contributed by atoms with E-state index in [1.54, 1.807) is 0 Å². The quantitative estimate of drug-likeness (QED) is 0.226. The molecular formula is C39H30N2. The highest BCUT2D eigenvalue weighted by atomic mass is 15.1. The first-order valence-corrected chi connectivity index (χ1v) is 14.4. The van der Waals surface area contributed by atoms with Crippen LogP contribution in [-0.2, 0) is 19.4 Å². The fourth-order valence-electron chi connectivity index (χ4n) is 6.67. The van der Waals surface area contributed by atoms with E-state index in [-0.39, 0.29) is 0 Å². The van der Waals surface area contributed by atoms with Crippen molar-refractivity contribution >= 4 is 39.9 Å². The molecule has 3 aliphatic rings. The summed E-state index contributed by atoms with van der Waals surface area (Å²) in [4.78, 5) is 2.38. The highest BCUT2D eigenvalue weighted by molar-refractivity contribution is 5.98. The predicted molar refractivity (Wildman–Crippen MR) is 174 cm³/mol. The molecule has 0 fully saturated rings.